The fourth-order valence-corrected chi connectivity index (χ4v) is 4.89. The molecule has 2 fully saturated rings. The normalized spacial score (nSPS) is 18.8. The molecule has 0 saturated carbocycles. The Labute approximate surface area is 179 Å². The minimum Gasteiger partial charge on any atom is -0.378 e. The third-order valence-corrected chi connectivity index (χ3v) is 6.83. The van der Waals surface area contributed by atoms with Gasteiger partial charge < -0.3 is 24.8 Å². The first kappa shape index (κ1) is 19.5. The van der Waals surface area contributed by atoms with Gasteiger partial charge in [0.25, 0.3) is 0 Å². The van der Waals surface area contributed by atoms with E-state index in [1.165, 1.54) is 59.3 Å². The Kier molecular flexibility index (Phi) is 5.40. The van der Waals surface area contributed by atoms with E-state index in [2.05, 4.69) is 76.7 Å². The lowest BCUT2D eigenvalue weighted by Gasteiger charge is -2.29. The van der Waals surface area contributed by atoms with E-state index in [4.69, 9.17) is 4.74 Å². The molecule has 2 N–H and O–H groups in total. The van der Waals surface area contributed by atoms with Crippen LogP contribution >= 0.6 is 0 Å². The summed E-state index contributed by atoms with van der Waals surface area (Å²) in [7, 11) is 2.22. The van der Waals surface area contributed by atoms with Gasteiger partial charge in [0.15, 0.2) is 0 Å². The third-order valence-electron chi connectivity index (χ3n) is 6.83. The number of aryl methyl sites for hydroxylation is 1. The van der Waals surface area contributed by atoms with Gasteiger partial charge in [-0.05, 0) is 87.3 Å². The highest BCUT2D eigenvalue weighted by atomic mass is 16.5. The first-order valence-electron chi connectivity index (χ1n) is 11.2. The van der Waals surface area contributed by atoms with Crippen molar-refractivity contribution in [3.05, 3.63) is 53.7 Å². The summed E-state index contributed by atoms with van der Waals surface area (Å²) in [6, 6.07) is 13.3. The molecule has 0 aliphatic carbocycles. The molecule has 158 valence electrons. The molecule has 2 aromatic carbocycles. The van der Waals surface area contributed by atoms with Crippen LogP contribution in [0, 0.1) is 6.92 Å². The molecule has 0 unspecified atom stereocenters. The van der Waals surface area contributed by atoms with E-state index in [0.29, 0.717) is 5.92 Å². The van der Waals surface area contributed by atoms with Crippen LogP contribution in [0.2, 0.25) is 0 Å². The molecule has 5 nitrogen and oxygen atoms in total. The maximum Gasteiger partial charge on any atom is 0.0642 e. The van der Waals surface area contributed by atoms with Gasteiger partial charge in [-0.25, -0.2) is 0 Å². The second-order valence-corrected chi connectivity index (χ2v) is 8.75. The zero-order valence-electron chi connectivity index (χ0n) is 18.1. The van der Waals surface area contributed by atoms with Crippen molar-refractivity contribution in [1.82, 2.24) is 9.88 Å². The Bertz CT molecular complexity index is 996. The summed E-state index contributed by atoms with van der Waals surface area (Å²) in [6.45, 7) is 8.16. The lowest BCUT2D eigenvalue weighted by atomic mass is 9.89. The lowest BCUT2D eigenvalue weighted by Crippen LogP contribution is -2.36. The zero-order chi connectivity index (χ0) is 20.5. The van der Waals surface area contributed by atoms with Crippen molar-refractivity contribution in [1.29, 1.82) is 0 Å². The number of piperidine rings is 1. The summed E-state index contributed by atoms with van der Waals surface area (Å²) in [6.07, 6.45) is 4.74. The van der Waals surface area contributed by atoms with Gasteiger partial charge in [0.05, 0.1) is 18.7 Å². The lowest BCUT2D eigenvalue weighted by molar-refractivity contribution is 0.122. The van der Waals surface area contributed by atoms with E-state index < -0.39 is 0 Å². The van der Waals surface area contributed by atoms with E-state index in [9.17, 15) is 0 Å². The molecule has 0 radical (unpaired) electrons. The van der Waals surface area contributed by atoms with Gasteiger partial charge in [0, 0.05) is 41.7 Å². The van der Waals surface area contributed by atoms with Crippen LogP contribution in [-0.4, -0.2) is 56.3 Å². The number of fused-ring (bicyclic) bond motifs is 1. The van der Waals surface area contributed by atoms with Gasteiger partial charge in [0.1, 0.15) is 0 Å². The standard InChI is InChI=1S/C25H32N4O/c1-18-24(27-20-3-5-21(6-4-20)29-13-15-30-16-14-29)8-7-22-23(17-26-25(18)22)19-9-11-28(2)12-10-19/h3-8,17,19,26-27H,9-16H2,1-2H3. The molecule has 1 aromatic heterocycles. The molecule has 0 bridgehead atoms. The molecule has 30 heavy (non-hydrogen) atoms. The molecule has 5 rings (SSSR count). The van der Waals surface area contributed by atoms with Crippen molar-refractivity contribution in [3.63, 3.8) is 0 Å². The number of nitrogens with one attached hydrogen (secondary N) is 2. The molecule has 2 aliphatic rings. The maximum absolute atomic E-state index is 5.46. The summed E-state index contributed by atoms with van der Waals surface area (Å²) < 4.78 is 5.46. The van der Waals surface area contributed by atoms with Gasteiger partial charge in [-0.2, -0.15) is 0 Å². The SMILES string of the molecule is Cc1c(Nc2ccc(N3CCOCC3)cc2)ccc2c(C3CCN(C)CC3)c[nH]c12. The van der Waals surface area contributed by atoms with E-state index in [1.807, 2.05) is 0 Å². The number of ether oxygens (including phenoxy) is 1. The molecule has 2 saturated heterocycles. The van der Waals surface area contributed by atoms with Gasteiger partial charge in [-0.3, -0.25) is 0 Å². The molecule has 5 heteroatoms. The molecular weight excluding hydrogens is 372 g/mol. The fraction of sp³-hybridized carbons (Fsp3) is 0.440. The van der Waals surface area contributed by atoms with Crippen molar-refractivity contribution in [2.75, 3.05) is 56.7 Å². The Hall–Kier alpha value is -2.50. The Morgan fingerprint density at radius 1 is 0.967 bits per heavy atom. The van der Waals surface area contributed by atoms with Crippen molar-refractivity contribution in [2.24, 2.45) is 0 Å². The summed E-state index contributed by atoms with van der Waals surface area (Å²) in [4.78, 5) is 8.39. The van der Waals surface area contributed by atoms with Crippen LogP contribution in [0.15, 0.2) is 42.6 Å². The number of aromatic amines is 1. The molecule has 2 aliphatic heterocycles. The number of hydrogen-bond acceptors (Lipinski definition) is 4. The van der Waals surface area contributed by atoms with Crippen LogP contribution in [0.25, 0.3) is 10.9 Å². The molecule has 3 aromatic rings. The monoisotopic (exact) mass is 404 g/mol. The van der Waals surface area contributed by atoms with Crippen LogP contribution in [-0.2, 0) is 4.74 Å². The van der Waals surface area contributed by atoms with E-state index in [0.717, 1.165) is 32.0 Å². The summed E-state index contributed by atoms with van der Waals surface area (Å²) in [5.41, 5.74) is 7.59. The Morgan fingerprint density at radius 2 is 1.70 bits per heavy atom. The minimum atomic E-state index is 0.667. The maximum atomic E-state index is 5.46. The molecule has 0 spiro atoms. The van der Waals surface area contributed by atoms with E-state index >= 15 is 0 Å². The Balaban J connectivity index is 1.34. The summed E-state index contributed by atoms with van der Waals surface area (Å²) in [5, 5.41) is 5.00. The highest BCUT2D eigenvalue weighted by Crippen LogP contribution is 2.36. The number of hydrogen-bond donors (Lipinski definition) is 2. The number of morpholine rings is 1. The van der Waals surface area contributed by atoms with Crippen molar-refractivity contribution in [2.45, 2.75) is 25.7 Å². The molecule has 0 amide bonds. The largest absolute Gasteiger partial charge is 0.378 e. The number of aromatic nitrogens is 1. The molecule has 3 heterocycles. The van der Waals surface area contributed by atoms with Crippen molar-refractivity contribution >= 4 is 28.0 Å². The predicted octanol–water partition coefficient (Wildman–Crippen LogP) is 4.87. The van der Waals surface area contributed by atoms with Crippen LogP contribution in [0.3, 0.4) is 0 Å². The number of H-pyrrole nitrogens is 1. The van der Waals surface area contributed by atoms with Crippen LogP contribution in [0.1, 0.15) is 29.9 Å². The highest BCUT2D eigenvalue weighted by Gasteiger charge is 2.22. The number of benzene rings is 2. The van der Waals surface area contributed by atoms with E-state index in [-0.39, 0.29) is 0 Å². The minimum absolute atomic E-state index is 0.667. The molecule has 0 atom stereocenters. The summed E-state index contributed by atoms with van der Waals surface area (Å²) >= 11 is 0. The smallest absolute Gasteiger partial charge is 0.0642 e. The van der Waals surface area contributed by atoms with Crippen LogP contribution in [0.4, 0.5) is 17.1 Å². The zero-order valence-corrected chi connectivity index (χ0v) is 18.1. The number of anilines is 3. The highest BCUT2D eigenvalue weighted by molar-refractivity contribution is 5.91. The third kappa shape index (κ3) is 3.80. The topological polar surface area (TPSA) is 43.5 Å². The van der Waals surface area contributed by atoms with Gasteiger partial charge >= 0.3 is 0 Å². The second-order valence-electron chi connectivity index (χ2n) is 8.75. The average molecular weight is 405 g/mol. The van der Waals surface area contributed by atoms with Crippen molar-refractivity contribution < 1.29 is 4.74 Å². The van der Waals surface area contributed by atoms with Gasteiger partial charge in [-0.15, -0.1) is 0 Å². The van der Waals surface area contributed by atoms with Gasteiger partial charge in [-0.1, -0.05) is 6.07 Å². The quantitative estimate of drug-likeness (QED) is 0.651. The summed E-state index contributed by atoms with van der Waals surface area (Å²) in [5.74, 6) is 0.667. The average Bonchev–Trinajstić information content (AvgIpc) is 3.22. The number of likely N-dealkylation sites (tertiary alicyclic amines) is 1. The van der Waals surface area contributed by atoms with E-state index in [1.54, 1.807) is 0 Å². The van der Waals surface area contributed by atoms with Crippen molar-refractivity contribution in [3.8, 4) is 0 Å². The first-order valence-corrected chi connectivity index (χ1v) is 11.2. The number of rotatable bonds is 4. The first-order chi connectivity index (χ1) is 14.7. The van der Waals surface area contributed by atoms with Crippen LogP contribution in [0.5, 0.6) is 0 Å². The molecular formula is C25H32N4O. The second kappa shape index (κ2) is 8.32. The van der Waals surface area contributed by atoms with Gasteiger partial charge in [0.2, 0.25) is 0 Å². The predicted molar refractivity (Wildman–Crippen MR) is 125 cm³/mol. The van der Waals surface area contributed by atoms with Crippen LogP contribution < -0.4 is 10.2 Å². The Morgan fingerprint density at radius 3 is 2.43 bits per heavy atom. The fourth-order valence-electron chi connectivity index (χ4n) is 4.89. The number of nitrogens with zero attached hydrogens (tertiary/aromatic N) is 2.